The maximum Gasteiger partial charge on any atom is 0.262 e. The normalized spacial score (nSPS) is 12.2. The lowest BCUT2D eigenvalue weighted by atomic mass is 9.86. The third-order valence-corrected chi connectivity index (χ3v) is 4.56. The van der Waals surface area contributed by atoms with Gasteiger partial charge in [-0.25, -0.2) is 13.4 Å². The number of halogens is 1. The Morgan fingerprint density at radius 2 is 1.81 bits per heavy atom. The van der Waals surface area contributed by atoms with Gasteiger partial charge in [-0.05, 0) is 29.2 Å². The number of para-hydroxylation sites is 1. The van der Waals surface area contributed by atoms with Crippen LogP contribution in [0.1, 0.15) is 26.3 Å². The minimum Gasteiger partial charge on any atom is -0.279 e. The first-order valence-electron chi connectivity index (χ1n) is 6.44. The molecule has 0 bridgehead atoms. The van der Waals surface area contributed by atoms with Gasteiger partial charge in [-0.2, -0.15) is 0 Å². The van der Waals surface area contributed by atoms with Gasteiger partial charge >= 0.3 is 0 Å². The number of anilines is 1. The van der Waals surface area contributed by atoms with Crippen molar-refractivity contribution in [2.24, 2.45) is 0 Å². The number of rotatable bonds is 3. The van der Waals surface area contributed by atoms with Crippen molar-refractivity contribution in [3.8, 4) is 0 Å². The van der Waals surface area contributed by atoms with E-state index in [1.807, 2.05) is 32.9 Å². The molecule has 0 spiro atoms. The standard InChI is InChI=1S/C15H17ClN2O2S/c1-15(2,3)12-6-4-5-7-13(12)18-21(19,20)11-8-9-17-14(16)10-11/h4-10,18H,1-3H3. The molecule has 0 amide bonds. The summed E-state index contributed by atoms with van der Waals surface area (Å²) in [5.74, 6) is 0. The van der Waals surface area contributed by atoms with Crippen molar-refractivity contribution < 1.29 is 8.42 Å². The number of aromatic nitrogens is 1. The lowest BCUT2D eigenvalue weighted by Crippen LogP contribution is -2.19. The number of pyridine rings is 1. The number of hydrogen-bond donors (Lipinski definition) is 1. The van der Waals surface area contributed by atoms with Gasteiger partial charge in [-0.3, -0.25) is 4.72 Å². The molecule has 2 aromatic rings. The van der Waals surface area contributed by atoms with Crippen LogP contribution in [0.25, 0.3) is 0 Å². The maximum atomic E-state index is 12.4. The second-order valence-corrected chi connectivity index (χ2v) is 7.79. The largest absolute Gasteiger partial charge is 0.279 e. The Bertz CT molecular complexity index is 752. The summed E-state index contributed by atoms with van der Waals surface area (Å²) >= 11 is 5.75. The molecule has 0 aliphatic carbocycles. The lowest BCUT2D eigenvalue weighted by Gasteiger charge is -2.23. The van der Waals surface area contributed by atoms with E-state index in [1.54, 1.807) is 12.1 Å². The van der Waals surface area contributed by atoms with Crippen LogP contribution in [-0.4, -0.2) is 13.4 Å². The average molecular weight is 325 g/mol. The van der Waals surface area contributed by atoms with Crippen LogP contribution in [0.5, 0.6) is 0 Å². The molecule has 0 aliphatic rings. The van der Waals surface area contributed by atoms with Gasteiger partial charge in [0.25, 0.3) is 10.0 Å². The molecular weight excluding hydrogens is 308 g/mol. The zero-order valence-corrected chi connectivity index (χ0v) is 13.7. The molecule has 1 N–H and O–H groups in total. The molecule has 0 saturated heterocycles. The molecule has 0 fully saturated rings. The molecule has 0 saturated carbocycles. The third kappa shape index (κ3) is 3.74. The van der Waals surface area contributed by atoms with Crippen LogP contribution in [0.15, 0.2) is 47.5 Å². The van der Waals surface area contributed by atoms with Crippen LogP contribution in [0.3, 0.4) is 0 Å². The van der Waals surface area contributed by atoms with Gasteiger partial charge < -0.3 is 0 Å². The molecule has 21 heavy (non-hydrogen) atoms. The number of hydrogen-bond acceptors (Lipinski definition) is 3. The van der Waals surface area contributed by atoms with E-state index in [9.17, 15) is 8.42 Å². The first-order valence-corrected chi connectivity index (χ1v) is 8.30. The third-order valence-electron chi connectivity index (χ3n) is 2.99. The molecule has 1 aromatic heterocycles. The molecule has 4 nitrogen and oxygen atoms in total. The van der Waals surface area contributed by atoms with Crippen LogP contribution in [0, 0.1) is 0 Å². The highest BCUT2D eigenvalue weighted by atomic mass is 35.5. The van der Waals surface area contributed by atoms with Gasteiger partial charge in [-0.15, -0.1) is 0 Å². The van der Waals surface area contributed by atoms with E-state index in [1.165, 1.54) is 18.3 Å². The maximum absolute atomic E-state index is 12.4. The van der Waals surface area contributed by atoms with E-state index in [-0.39, 0.29) is 15.5 Å². The molecule has 0 aliphatic heterocycles. The predicted octanol–water partition coefficient (Wildman–Crippen LogP) is 3.83. The Labute approximate surface area is 130 Å². The predicted molar refractivity (Wildman–Crippen MR) is 85.2 cm³/mol. The van der Waals surface area contributed by atoms with Crippen LogP contribution in [0.4, 0.5) is 5.69 Å². The van der Waals surface area contributed by atoms with Crippen LogP contribution in [0.2, 0.25) is 5.15 Å². The summed E-state index contributed by atoms with van der Waals surface area (Å²) in [6, 6.07) is 10.1. The molecule has 112 valence electrons. The first-order chi connectivity index (χ1) is 9.70. The fourth-order valence-corrected chi connectivity index (χ4v) is 3.31. The van der Waals surface area contributed by atoms with Crippen LogP contribution < -0.4 is 4.72 Å². The van der Waals surface area contributed by atoms with E-state index < -0.39 is 10.0 Å². The van der Waals surface area contributed by atoms with E-state index in [0.29, 0.717) is 5.69 Å². The van der Waals surface area contributed by atoms with Gasteiger partial charge in [-0.1, -0.05) is 50.6 Å². The number of sulfonamides is 1. The average Bonchev–Trinajstić information content (AvgIpc) is 2.37. The Morgan fingerprint density at radius 1 is 1.14 bits per heavy atom. The SMILES string of the molecule is CC(C)(C)c1ccccc1NS(=O)(=O)c1ccnc(Cl)c1. The summed E-state index contributed by atoms with van der Waals surface area (Å²) < 4.78 is 27.5. The lowest BCUT2D eigenvalue weighted by molar-refractivity contribution is 0.590. The quantitative estimate of drug-likeness (QED) is 0.873. The van der Waals surface area contributed by atoms with Crippen molar-refractivity contribution in [3.63, 3.8) is 0 Å². The van der Waals surface area contributed by atoms with Crippen LogP contribution in [-0.2, 0) is 15.4 Å². The summed E-state index contributed by atoms with van der Waals surface area (Å²) in [5.41, 5.74) is 1.32. The van der Waals surface area contributed by atoms with Crippen LogP contribution >= 0.6 is 11.6 Å². The van der Waals surface area contributed by atoms with Gasteiger partial charge in [0, 0.05) is 6.20 Å². The monoisotopic (exact) mass is 324 g/mol. The van der Waals surface area contributed by atoms with Crippen molar-refractivity contribution in [2.75, 3.05) is 4.72 Å². The highest BCUT2D eigenvalue weighted by Crippen LogP contribution is 2.30. The zero-order chi connectivity index (χ0) is 15.7. The van der Waals surface area contributed by atoms with Crippen molar-refractivity contribution in [1.82, 2.24) is 4.98 Å². The Hall–Kier alpha value is -1.59. The first kappa shape index (κ1) is 15.8. The van der Waals surface area contributed by atoms with Crippen molar-refractivity contribution in [2.45, 2.75) is 31.1 Å². The van der Waals surface area contributed by atoms with E-state index in [4.69, 9.17) is 11.6 Å². The number of nitrogens with one attached hydrogen (secondary N) is 1. The highest BCUT2D eigenvalue weighted by molar-refractivity contribution is 7.92. The Kier molecular flexibility index (Phi) is 4.25. The smallest absolute Gasteiger partial charge is 0.262 e. The summed E-state index contributed by atoms with van der Waals surface area (Å²) in [6.45, 7) is 6.09. The summed E-state index contributed by atoms with van der Waals surface area (Å²) in [4.78, 5) is 3.88. The second kappa shape index (κ2) is 5.66. The second-order valence-electron chi connectivity index (χ2n) is 5.72. The fraction of sp³-hybridized carbons (Fsp3) is 0.267. The molecule has 6 heteroatoms. The molecule has 1 heterocycles. The van der Waals surface area contributed by atoms with Crippen molar-refractivity contribution in [1.29, 1.82) is 0 Å². The van der Waals surface area contributed by atoms with Crippen molar-refractivity contribution >= 4 is 27.3 Å². The zero-order valence-electron chi connectivity index (χ0n) is 12.1. The van der Waals surface area contributed by atoms with E-state index >= 15 is 0 Å². The molecule has 1 aromatic carbocycles. The number of nitrogens with zero attached hydrogens (tertiary/aromatic N) is 1. The minimum atomic E-state index is -3.69. The van der Waals surface area contributed by atoms with Gasteiger partial charge in [0.1, 0.15) is 5.15 Å². The van der Waals surface area contributed by atoms with Crippen molar-refractivity contribution in [3.05, 3.63) is 53.3 Å². The fourth-order valence-electron chi connectivity index (χ4n) is 1.98. The number of benzene rings is 1. The van der Waals surface area contributed by atoms with E-state index in [0.717, 1.165) is 5.56 Å². The molecule has 2 rings (SSSR count). The molecule has 0 unspecified atom stereocenters. The molecular formula is C15H17ClN2O2S. The summed E-state index contributed by atoms with van der Waals surface area (Å²) in [6.07, 6.45) is 1.37. The Morgan fingerprint density at radius 3 is 2.43 bits per heavy atom. The summed E-state index contributed by atoms with van der Waals surface area (Å²) in [7, 11) is -3.69. The summed E-state index contributed by atoms with van der Waals surface area (Å²) in [5, 5.41) is 0.141. The molecule has 0 atom stereocenters. The minimum absolute atomic E-state index is 0.0891. The Balaban J connectivity index is 2.43. The van der Waals surface area contributed by atoms with Gasteiger partial charge in [0.05, 0.1) is 10.6 Å². The topological polar surface area (TPSA) is 59.1 Å². The van der Waals surface area contributed by atoms with E-state index in [2.05, 4.69) is 9.71 Å². The molecule has 0 radical (unpaired) electrons. The van der Waals surface area contributed by atoms with Gasteiger partial charge in [0.2, 0.25) is 0 Å². The highest BCUT2D eigenvalue weighted by Gasteiger charge is 2.21. The van der Waals surface area contributed by atoms with Gasteiger partial charge in [0.15, 0.2) is 0 Å².